The monoisotopic (exact) mass is 916 g/mol. The molecule has 294 valence electrons. The van der Waals surface area contributed by atoms with E-state index in [4.69, 9.17) is 9.47 Å². The number of benzene rings is 6. The number of hydrogen-bond acceptors (Lipinski definition) is 17. The van der Waals surface area contributed by atoms with Crippen molar-refractivity contribution in [2.24, 2.45) is 20.5 Å². The smallest absolute Gasteiger partial charge is 0.744 e. The molecule has 2 amide bonds. The summed E-state index contributed by atoms with van der Waals surface area (Å²) in [5.74, 6) is 0.417. The van der Waals surface area contributed by atoms with Gasteiger partial charge >= 0.3 is 117 Å². The molecule has 0 saturated carbocycles. The quantitative estimate of drug-likeness (QED) is 0.0347. The molecular formula is C36H27KN6Na2O12S3. The number of carbonyl (C=O) groups excluding carboxylic acids is 1. The Bertz CT molecular complexity index is 2840. The second-order valence-corrected chi connectivity index (χ2v) is 15.2. The Morgan fingerprint density at radius 2 is 1.12 bits per heavy atom. The first-order valence-corrected chi connectivity index (χ1v) is 19.7. The summed E-state index contributed by atoms with van der Waals surface area (Å²) in [4.78, 5) is 12.4. The molecule has 0 unspecified atom stereocenters. The zero-order valence-electron chi connectivity index (χ0n) is 32.7. The first kappa shape index (κ1) is 51.9. The standard InChI is InChI=1S/C36H30N6O12S3.K.2Na/c1-20-14-23(16-28-25(20)6-5-9-34(28)56(45,46)47)41-39-21-10-12-29(31(17-21)51-2)37-36(43)38-30-13-11-22(18-32(30)52-3)40-42-24-15-27-26(35(19-24)57(48,49)50)7-4-8-33(27)55-54-53-44;;;/h4-19,44H,1-3H3,(H2,37,38,43)(H,45,46,47)(H,48,49,50);;;/q;3*+1/p-3. The van der Waals surface area contributed by atoms with Gasteiger partial charge in [0, 0.05) is 33.2 Å². The maximum absolute atomic E-state index is 13.1. The number of nitrogens with zero attached hydrogens (tertiary/aromatic N) is 4. The van der Waals surface area contributed by atoms with Crippen molar-refractivity contribution in [2.75, 3.05) is 24.9 Å². The summed E-state index contributed by atoms with van der Waals surface area (Å²) < 4.78 is 87.0. The maximum atomic E-state index is 13.1. The van der Waals surface area contributed by atoms with Crippen molar-refractivity contribution in [3.63, 3.8) is 0 Å². The van der Waals surface area contributed by atoms with E-state index in [1.165, 1.54) is 87.0 Å². The van der Waals surface area contributed by atoms with Gasteiger partial charge in [0.15, 0.2) is 0 Å². The van der Waals surface area contributed by atoms with Gasteiger partial charge in [0.2, 0.25) is 0 Å². The van der Waals surface area contributed by atoms with Gasteiger partial charge in [0.25, 0.3) is 0 Å². The van der Waals surface area contributed by atoms with E-state index in [9.17, 15) is 36.0 Å². The fourth-order valence-corrected chi connectivity index (χ4v) is 7.59. The molecule has 18 nitrogen and oxygen atoms in total. The number of urea groups is 1. The van der Waals surface area contributed by atoms with Crippen molar-refractivity contribution in [2.45, 2.75) is 21.6 Å². The minimum Gasteiger partial charge on any atom is -0.744 e. The van der Waals surface area contributed by atoms with Crippen LogP contribution in [0.4, 0.5) is 38.9 Å². The molecule has 0 spiro atoms. The van der Waals surface area contributed by atoms with Crippen molar-refractivity contribution in [1.29, 1.82) is 0 Å². The summed E-state index contributed by atoms with van der Waals surface area (Å²) in [6, 6.07) is 22.9. The number of methoxy groups -OCH3 is 2. The number of rotatable bonds is 13. The minimum absolute atomic E-state index is 0. The van der Waals surface area contributed by atoms with Crippen LogP contribution in [-0.2, 0) is 29.6 Å². The molecule has 0 saturated heterocycles. The third-order valence-corrected chi connectivity index (χ3v) is 10.6. The summed E-state index contributed by atoms with van der Waals surface area (Å²) in [6.45, 7) is 1.76. The average molecular weight is 917 g/mol. The number of fused-ring (bicyclic) bond motifs is 2. The Morgan fingerprint density at radius 1 is 0.617 bits per heavy atom. The van der Waals surface area contributed by atoms with Crippen molar-refractivity contribution in [1.82, 2.24) is 0 Å². The van der Waals surface area contributed by atoms with Crippen LogP contribution >= 0.6 is 12.0 Å². The molecule has 60 heavy (non-hydrogen) atoms. The molecule has 6 rings (SSSR count). The summed E-state index contributed by atoms with van der Waals surface area (Å²) >= 11 is 0.512. The fraction of sp³-hybridized carbons (Fsp3) is 0.0833. The second kappa shape index (κ2) is 22.8. The molecular weight excluding hydrogens is 890 g/mol. The summed E-state index contributed by atoms with van der Waals surface area (Å²) in [6.07, 6.45) is 0. The summed E-state index contributed by atoms with van der Waals surface area (Å²) in [7, 11) is -6.94. The van der Waals surface area contributed by atoms with Gasteiger partial charge in [-0.2, -0.15) is 24.8 Å². The predicted molar refractivity (Wildman–Crippen MR) is 204 cm³/mol. The van der Waals surface area contributed by atoms with E-state index < -0.39 is 31.2 Å². The van der Waals surface area contributed by atoms with Gasteiger partial charge in [0.1, 0.15) is 31.7 Å². The largest absolute Gasteiger partial charge is 1.00 e. The predicted octanol–water partition coefficient (Wildman–Crippen LogP) is -1.16. The van der Waals surface area contributed by atoms with Gasteiger partial charge in [-0.3, -0.25) is 5.04 Å². The van der Waals surface area contributed by atoms with Crippen LogP contribution in [0.2, 0.25) is 0 Å². The van der Waals surface area contributed by atoms with Gasteiger partial charge in [-0.25, -0.2) is 21.6 Å². The van der Waals surface area contributed by atoms with E-state index in [1.807, 2.05) is 0 Å². The molecule has 0 fully saturated rings. The molecule has 0 aliphatic rings. The van der Waals surface area contributed by atoms with Gasteiger partial charge in [-0.05, 0) is 78.5 Å². The van der Waals surface area contributed by atoms with Crippen molar-refractivity contribution >= 4 is 94.0 Å². The van der Waals surface area contributed by atoms with Crippen LogP contribution in [0, 0.1) is 6.92 Å². The van der Waals surface area contributed by atoms with Gasteiger partial charge in [0.05, 0.1) is 70.2 Å². The third kappa shape index (κ3) is 12.8. The van der Waals surface area contributed by atoms with Crippen LogP contribution in [-0.4, -0.2) is 46.2 Å². The molecule has 0 bridgehead atoms. The topological polar surface area (TPSA) is 265 Å². The number of amides is 2. The van der Waals surface area contributed by atoms with Crippen LogP contribution in [0.15, 0.2) is 132 Å². The van der Waals surface area contributed by atoms with E-state index in [1.54, 1.807) is 25.1 Å². The summed E-state index contributed by atoms with van der Waals surface area (Å²) in [5.41, 5.74) is 2.07. The Morgan fingerprint density at radius 3 is 1.65 bits per heavy atom. The third-order valence-electron chi connectivity index (χ3n) is 8.17. The van der Waals surface area contributed by atoms with Crippen LogP contribution in [0.25, 0.3) is 21.5 Å². The first-order valence-electron chi connectivity index (χ1n) is 16.1. The van der Waals surface area contributed by atoms with Crippen LogP contribution in [0.5, 0.6) is 11.5 Å². The van der Waals surface area contributed by atoms with Gasteiger partial charge < -0.3 is 34.5 Å². The van der Waals surface area contributed by atoms with E-state index in [0.717, 1.165) is 6.07 Å². The summed E-state index contributed by atoms with van der Waals surface area (Å²) in [5, 5.41) is 36.9. The minimum atomic E-state index is -4.96. The van der Waals surface area contributed by atoms with Crippen molar-refractivity contribution < 1.29 is 165 Å². The van der Waals surface area contributed by atoms with E-state index in [2.05, 4.69) is 40.5 Å². The van der Waals surface area contributed by atoms with Crippen molar-refractivity contribution in [3.8, 4) is 11.5 Å². The number of hydrogen-bond donors (Lipinski definition) is 2. The van der Waals surface area contributed by atoms with Crippen LogP contribution in [0.3, 0.4) is 0 Å². The SMILES string of the molecule is COc1cc(N=Nc2cc(S(=O)(=O)[O-])c3cccc(SOO[O-])c3c2)ccc1NC(=O)Nc1ccc(N=Nc2cc(C)c3cccc(S(=O)(=O)[O-])c3c2)cc1OC.[K+].[Na+].[Na+]. The molecule has 0 aliphatic carbocycles. The van der Waals surface area contributed by atoms with E-state index >= 15 is 0 Å². The number of anilines is 2. The molecule has 0 heterocycles. The van der Waals surface area contributed by atoms with E-state index in [0.29, 0.717) is 34.4 Å². The Balaban J connectivity index is 0.00000320. The number of ether oxygens (including phenoxy) is 2. The molecule has 0 atom stereocenters. The molecule has 6 aromatic carbocycles. The molecule has 24 heteroatoms. The molecule has 6 aromatic rings. The average Bonchev–Trinajstić information content (AvgIpc) is 3.17. The zero-order valence-corrected chi connectivity index (χ0v) is 42.2. The van der Waals surface area contributed by atoms with Crippen molar-refractivity contribution in [3.05, 3.63) is 103 Å². The molecule has 0 radical (unpaired) electrons. The Labute approximate surface area is 434 Å². The number of carbonyl (C=O) groups is 1. The molecule has 0 aromatic heterocycles. The Hall–Kier alpha value is -2.40. The first-order chi connectivity index (χ1) is 27.2. The normalized spacial score (nSPS) is 11.5. The second-order valence-electron chi connectivity index (χ2n) is 11.8. The fourth-order valence-electron chi connectivity index (χ4n) is 5.70. The van der Waals surface area contributed by atoms with E-state index in [-0.39, 0.29) is 171 Å². The molecule has 0 aliphatic heterocycles. The number of aryl methyl sites for hydroxylation is 1. The maximum Gasteiger partial charge on any atom is 1.00 e. The Kier molecular flexibility index (Phi) is 19.7. The molecule has 2 N–H and O–H groups in total. The van der Waals surface area contributed by atoms with Crippen LogP contribution in [0.1, 0.15) is 5.56 Å². The van der Waals surface area contributed by atoms with Crippen LogP contribution < -0.4 is 136 Å². The van der Waals surface area contributed by atoms with Gasteiger partial charge in [-0.1, -0.05) is 24.3 Å². The number of nitrogens with one attached hydrogen (secondary N) is 2. The number of azo groups is 2. The van der Waals surface area contributed by atoms with Gasteiger partial charge in [-0.15, -0.1) is 0 Å². The zero-order chi connectivity index (χ0) is 40.9.